The first-order chi connectivity index (χ1) is 10.9. The zero-order chi connectivity index (χ0) is 16.4. The highest BCUT2D eigenvalue weighted by atomic mass is 32.2. The van der Waals surface area contributed by atoms with Crippen LogP contribution in [0.1, 0.15) is 29.1 Å². The second kappa shape index (κ2) is 6.70. The molecule has 1 aliphatic rings. The lowest BCUT2D eigenvalue weighted by Gasteiger charge is -2.32. The minimum atomic E-state index is -3.22. The number of aromatic amines is 1. The van der Waals surface area contributed by atoms with Crippen molar-refractivity contribution in [2.45, 2.75) is 37.6 Å². The minimum Gasteiger partial charge on any atom is -0.298 e. The molecule has 0 bridgehead atoms. The highest BCUT2D eigenvalue weighted by Gasteiger charge is 2.24. The van der Waals surface area contributed by atoms with Gasteiger partial charge in [-0.1, -0.05) is 0 Å². The van der Waals surface area contributed by atoms with Gasteiger partial charge in [-0.05, 0) is 38.6 Å². The molecule has 8 heteroatoms. The van der Waals surface area contributed by atoms with Gasteiger partial charge in [-0.15, -0.1) is 11.3 Å². The van der Waals surface area contributed by atoms with Gasteiger partial charge in [0.1, 0.15) is 4.90 Å². The van der Waals surface area contributed by atoms with Crippen LogP contribution in [0.2, 0.25) is 0 Å². The fraction of sp³-hybridized carbons (Fsp3) is 0.600. The largest absolute Gasteiger partial charge is 0.298 e. The van der Waals surface area contributed by atoms with E-state index < -0.39 is 9.84 Å². The number of aryl methyl sites for hydroxylation is 1. The Morgan fingerprint density at radius 1 is 1.48 bits per heavy atom. The average molecular weight is 355 g/mol. The number of nitrogens with zero attached hydrogens (tertiary/aromatic N) is 3. The molecule has 0 radical (unpaired) electrons. The number of thiazole rings is 1. The van der Waals surface area contributed by atoms with Crippen LogP contribution in [0.4, 0.5) is 0 Å². The molecular weight excluding hydrogens is 332 g/mol. The number of likely N-dealkylation sites (tertiary alicyclic amines) is 1. The van der Waals surface area contributed by atoms with Crippen molar-refractivity contribution in [3.05, 3.63) is 28.0 Å². The van der Waals surface area contributed by atoms with Gasteiger partial charge >= 0.3 is 0 Å². The van der Waals surface area contributed by atoms with Crippen molar-refractivity contribution in [3.63, 3.8) is 0 Å². The van der Waals surface area contributed by atoms with Gasteiger partial charge in [0, 0.05) is 24.2 Å². The van der Waals surface area contributed by atoms with Gasteiger partial charge in [-0.3, -0.25) is 10.00 Å². The lowest BCUT2D eigenvalue weighted by molar-refractivity contribution is 0.167. The average Bonchev–Trinajstić information content (AvgIpc) is 3.09. The molecular formula is C15H22N4O2S2. The van der Waals surface area contributed by atoms with Crippen molar-refractivity contribution in [3.8, 4) is 0 Å². The fourth-order valence-corrected chi connectivity index (χ4v) is 4.84. The standard InChI is InChI=1S/C15H22N4O2S2/c1-11-14(22-10-16-11)9-19-5-3-4-12(8-19)6-13-15(7-17-18-13)23(2,20)21/h7,10,12H,3-6,8-9H2,1-2H3,(H,17,18)/t12-/m0/s1. The smallest absolute Gasteiger partial charge is 0.178 e. The van der Waals surface area contributed by atoms with Crippen molar-refractivity contribution < 1.29 is 8.42 Å². The minimum absolute atomic E-state index is 0.341. The summed E-state index contributed by atoms with van der Waals surface area (Å²) in [6.45, 7) is 5.07. The van der Waals surface area contributed by atoms with E-state index in [9.17, 15) is 8.42 Å². The number of piperidine rings is 1. The summed E-state index contributed by atoms with van der Waals surface area (Å²) in [5.74, 6) is 0.456. The molecule has 0 unspecified atom stereocenters. The van der Waals surface area contributed by atoms with Crippen molar-refractivity contribution in [1.82, 2.24) is 20.1 Å². The number of H-pyrrole nitrogens is 1. The van der Waals surface area contributed by atoms with Gasteiger partial charge in [-0.25, -0.2) is 13.4 Å². The predicted octanol–water partition coefficient (Wildman–Crippen LogP) is 2.03. The molecule has 1 fully saturated rings. The van der Waals surface area contributed by atoms with E-state index in [-0.39, 0.29) is 0 Å². The summed E-state index contributed by atoms with van der Waals surface area (Å²) < 4.78 is 23.6. The molecule has 1 atom stereocenters. The summed E-state index contributed by atoms with van der Waals surface area (Å²) in [5.41, 5.74) is 3.76. The second-order valence-corrected chi connectivity index (χ2v) is 9.22. The van der Waals surface area contributed by atoms with Gasteiger partial charge < -0.3 is 0 Å². The molecule has 0 aromatic carbocycles. The first kappa shape index (κ1) is 16.6. The molecule has 1 aliphatic heterocycles. The molecule has 1 N–H and O–H groups in total. The number of hydrogen-bond donors (Lipinski definition) is 1. The van der Waals surface area contributed by atoms with E-state index in [0.29, 0.717) is 10.8 Å². The van der Waals surface area contributed by atoms with Crippen molar-refractivity contribution in [2.75, 3.05) is 19.3 Å². The number of rotatable bonds is 5. The zero-order valence-electron chi connectivity index (χ0n) is 13.4. The quantitative estimate of drug-likeness (QED) is 0.889. The fourth-order valence-electron chi connectivity index (χ4n) is 3.20. The maximum atomic E-state index is 11.8. The van der Waals surface area contributed by atoms with Crippen molar-refractivity contribution >= 4 is 21.2 Å². The third-order valence-corrected chi connectivity index (χ3v) is 6.46. The molecule has 3 heterocycles. The van der Waals surface area contributed by atoms with Crippen LogP contribution in [-0.2, 0) is 22.8 Å². The summed E-state index contributed by atoms with van der Waals surface area (Å²) >= 11 is 1.71. The van der Waals surface area contributed by atoms with Crippen LogP contribution >= 0.6 is 11.3 Å². The molecule has 0 saturated carbocycles. The lowest BCUT2D eigenvalue weighted by atomic mass is 9.93. The first-order valence-electron chi connectivity index (χ1n) is 7.77. The van der Waals surface area contributed by atoms with E-state index in [4.69, 9.17) is 0 Å². The van der Waals surface area contributed by atoms with E-state index >= 15 is 0 Å². The summed E-state index contributed by atoms with van der Waals surface area (Å²) in [6.07, 6.45) is 5.67. The summed E-state index contributed by atoms with van der Waals surface area (Å²) in [4.78, 5) is 8.43. The molecule has 0 aliphatic carbocycles. The molecule has 23 heavy (non-hydrogen) atoms. The molecule has 0 amide bonds. The Balaban J connectivity index is 1.65. The van der Waals surface area contributed by atoms with Crippen LogP contribution in [0, 0.1) is 12.8 Å². The molecule has 3 rings (SSSR count). The monoisotopic (exact) mass is 354 g/mol. The SMILES string of the molecule is Cc1ncsc1CN1CCC[C@@H](Cc2[nH]ncc2S(C)(=O)=O)C1. The highest BCUT2D eigenvalue weighted by molar-refractivity contribution is 7.90. The number of sulfone groups is 1. The van der Waals surface area contributed by atoms with Gasteiger partial charge in [0.2, 0.25) is 0 Å². The number of aromatic nitrogens is 3. The van der Waals surface area contributed by atoms with E-state index in [2.05, 4.69) is 27.0 Å². The maximum Gasteiger partial charge on any atom is 0.178 e. The van der Waals surface area contributed by atoms with Crippen LogP contribution in [-0.4, -0.2) is 47.8 Å². The third kappa shape index (κ3) is 3.99. The summed E-state index contributed by atoms with van der Waals surface area (Å²) in [5, 5.41) is 6.79. The number of hydrogen-bond acceptors (Lipinski definition) is 6. The Bertz CT molecular complexity index is 766. The molecule has 1 saturated heterocycles. The van der Waals surface area contributed by atoms with Gasteiger partial charge in [-0.2, -0.15) is 5.10 Å². The second-order valence-electron chi connectivity index (χ2n) is 6.29. The van der Waals surface area contributed by atoms with Crippen LogP contribution in [0.3, 0.4) is 0 Å². The summed E-state index contributed by atoms with van der Waals surface area (Å²) in [7, 11) is -3.22. The Labute approximate surface area is 140 Å². The van der Waals surface area contributed by atoms with Crippen LogP contribution in [0.25, 0.3) is 0 Å². The molecule has 6 nitrogen and oxygen atoms in total. The summed E-state index contributed by atoms with van der Waals surface area (Å²) in [6, 6.07) is 0. The van der Waals surface area contributed by atoms with Crippen LogP contribution < -0.4 is 0 Å². The first-order valence-corrected chi connectivity index (χ1v) is 10.5. The predicted molar refractivity (Wildman–Crippen MR) is 90.3 cm³/mol. The van der Waals surface area contributed by atoms with Gasteiger partial charge in [0.05, 0.1) is 23.1 Å². The van der Waals surface area contributed by atoms with Gasteiger partial charge in [0.25, 0.3) is 0 Å². The van der Waals surface area contributed by atoms with E-state index in [0.717, 1.165) is 50.3 Å². The molecule has 0 spiro atoms. The van der Waals surface area contributed by atoms with Crippen LogP contribution in [0.15, 0.2) is 16.6 Å². The zero-order valence-corrected chi connectivity index (χ0v) is 15.1. The van der Waals surface area contributed by atoms with E-state index in [1.54, 1.807) is 11.3 Å². The topological polar surface area (TPSA) is 79.0 Å². The molecule has 2 aromatic rings. The number of nitrogens with one attached hydrogen (secondary N) is 1. The van der Waals surface area contributed by atoms with E-state index in [1.165, 1.54) is 17.3 Å². The Hall–Kier alpha value is -1.25. The lowest BCUT2D eigenvalue weighted by Crippen LogP contribution is -2.35. The third-order valence-electron chi connectivity index (χ3n) is 4.39. The molecule has 2 aromatic heterocycles. The molecule has 126 valence electrons. The Kier molecular flexibility index (Phi) is 4.84. The highest BCUT2D eigenvalue weighted by Crippen LogP contribution is 2.25. The Morgan fingerprint density at radius 3 is 3.00 bits per heavy atom. The van der Waals surface area contributed by atoms with Gasteiger partial charge in [0.15, 0.2) is 9.84 Å². The van der Waals surface area contributed by atoms with Crippen LogP contribution in [0.5, 0.6) is 0 Å². The van der Waals surface area contributed by atoms with E-state index in [1.807, 2.05) is 5.51 Å². The normalized spacial score (nSPS) is 20.0. The Morgan fingerprint density at radius 2 is 2.30 bits per heavy atom. The maximum absolute atomic E-state index is 11.8. The van der Waals surface area contributed by atoms with Crippen molar-refractivity contribution in [1.29, 1.82) is 0 Å². The van der Waals surface area contributed by atoms with Crippen molar-refractivity contribution in [2.24, 2.45) is 5.92 Å².